The summed E-state index contributed by atoms with van der Waals surface area (Å²) >= 11 is 1.77. The van der Waals surface area contributed by atoms with Crippen LogP contribution in [0.2, 0.25) is 0 Å². The minimum atomic E-state index is 0.404. The van der Waals surface area contributed by atoms with E-state index in [0.29, 0.717) is 6.04 Å². The van der Waals surface area contributed by atoms with E-state index in [1.165, 1.54) is 15.4 Å². The molecule has 0 aliphatic carbocycles. The first-order chi connectivity index (χ1) is 8.76. The van der Waals surface area contributed by atoms with Gasteiger partial charge >= 0.3 is 0 Å². The summed E-state index contributed by atoms with van der Waals surface area (Å²) in [6.07, 6.45) is 2.83. The van der Waals surface area contributed by atoms with Gasteiger partial charge < -0.3 is 9.73 Å². The molecule has 2 rings (SSSR count). The largest absolute Gasteiger partial charge is 0.468 e. The maximum atomic E-state index is 5.35. The second-order valence-corrected chi connectivity index (χ2v) is 5.31. The molecular formula is C15H19NOS. The van der Waals surface area contributed by atoms with Gasteiger partial charge in [0.1, 0.15) is 5.76 Å². The number of rotatable bonds is 5. The fourth-order valence-corrected chi connectivity index (χ4v) is 3.07. The highest BCUT2D eigenvalue weighted by Gasteiger charge is 2.13. The fourth-order valence-electron chi connectivity index (χ4n) is 2.04. The number of hydrogen-bond acceptors (Lipinski definition) is 3. The number of furan rings is 1. The minimum absolute atomic E-state index is 0.404. The van der Waals surface area contributed by atoms with E-state index >= 15 is 0 Å². The molecule has 18 heavy (non-hydrogen) atoms. The van der Waals surface area contributed by atoms with Crippen LogP contribution in [-0.2, 0) is 0 Å². The molecule has 1 heterocycles. The Balaban J connectivity index is 2.30. The first-order valence-electron chi connectivity index (χ1n) is 6.24. The van der Waals surface area contributed by atoms with Crippen LogP contribution in [0.25, 0.3) is 0 Å². The molecule has 1 N–H and O–H groups in total. The molecule has 1 aromatic carbocycles. The van der Waals surface area contributed by atoms with Crippen molar-refractivity contribution < 1.29 is 4.42 Å². The smallest absolute Gasteiger partial charge is 0.114 e. The third-order valence-electron chi connectivity index (χ3n) is 3.08. The Morgan fingerprint density at radius 3 is 2.61 bits per heavy atom. The van der Waals surface area contributed by atoms with Crippen LogP contribution in [-0.4, -0.2) is 7.05 Å². The maximum absolute atomic E-state index is 5.35. The molecule has 2 nitrogen and oxygen atoms in total. The number of hydrogen-bond donors (Lipinski definition) is 1. The highest BCUT2D eigenvalue weighted by atomic mass is 32.2. The Bertz CT molecular complexity index is 503. The normalized spacial score (nSPS) is 12.6. The van der Waals surface area contributed by atoms with Gasteiger partial charge in [0.25, 0.3) is 0 Å². The zero-order chi connectivity index (χ0) is 13.0. The van der Waals surface area contributed by atoms with Crippen molar-refractivity contribution in [2.45, 2.75) is 36.1 Å². The van der Waals surface area contributed by atoms with Crippen LogP contribution in [0.3, 0.4) is 0 Å². The molecule has 3 heteroatoms. The molecule has 0 aliphatic heterocycles. The Morgan fingerprint density at radius 1 is 1.22 bits per heavy atom. The highest BCUT2D eigenvalue weighted by molar-refractivity contribution is 7.99. The quantitative estimate of drug-likeness (QED) is 0.863. The Labute approximate surface area is 113 Å². The molecule has 0 spiro atoms. The first kappa shape index (κ1) is 13.2. The molecule has 0 amide bonds. The maximum Gasteiger partial charge on any atom is 0.114 e. The monoisotopic (exact) mass is 261 g/mol. The van der Waals surface area contributed by atoms with Crippen molar-refractivity contribution in [2.75, 3.05) is 7.05 Å². The van der Waals surface area contributed by atoms with Gasteiger partial charge in [0.15, 0.2) is 0 Å². The van der Waals surface area contributed by atoms with Gasteiger partial charge in [-0.15, -0.1) is 0 Å². The molecule has 0 bridgehead atoms. The summed E-state index contributed by atoms with van der Waals surface area (Å²) in [6.45, 7) is 4.20. The SMILES string of the molecule is CCC(NC)c1ccccc1Sc1ccoc1C. The number of aryl methyl sites for hydroxylation is 1. The van der Waals surface area contributed by atoms with Crippen molar-refractivity contribution in [1.29, 1.82) is 0 Å². The predicted molar refractivity (Wildman–Crippen MR) is 76.1 cm³/mol. The molecule has 0 saturated heterocycles. The molecular weight excluding hydrogens is 242 g/mol. The van der Waals surface area contributed by atoms with Crippen LogP contribution >= 0.6 is 11.8 Å². The lowest BCUT2D eigenvalue weighted by Gasteiger charge is -2.17. The van der Waals surface area contributed by atoms with Gasteiger partial charge in [-0.25, -0.2) is 0 Å². The topological polar surface area (TPSA) is 25.2 Å². The van der Waals surface area contributed by atoms with E-state index in [1.807, 2.05) is 20.0 Å². The van der Waals surface area contributed by atoms with Gasteiger partial charge in [-0.1, -0.05) is 36.9 Å². The Kier molecular flexibility index (Phi) is 4.50. The molecule has 96 valence electrons. The summed E-state index contributed by atoms with van der Waals surface area (Å²) in [4.78, 5) is 2.48. The summed E-state index contributed by atoms with van der Waals surface area (Å²) in [6, 6.07) is 11.0. The van der Waals surface area contributed by atoms with Gasteiger partial charge in [-0.2, -0.15) is 0 Å². The van der Waals surface area contributed by atoms with E-state index < -0.39 is 0 Å². The van der Waals surface area contributed by atoms with Crippen molar-refractivity contribution in [3.8, 4) is 0 Å². The lowest BCUT2D eigenvalue weighted by atomic mass is 10.1. The minimum Gasteiger partial charge on any atom is -0.468 e. The van der Waals surface area contributed by atoms with Crippen molar-refractivity contribution in [1.82, 2.24) is 5.32 Å². The van der Waals surface area contributed by atoms with Crippen LogP contribution in [0, 0.1) is 6.92 Å². The lowest BCUT2D eigenvalue weighted by Crippen LogP contribution is -2.15. The van der Waals surface area contributed by atoms with Crippen molar-refractivity contribution in [3.63, 3.8) is 0 Å². The van der Waals surface area contributed by atoms with E-state index in [9.17, 15) is 0 Å². The summed E-state index contributed by atoms with van der Waals surface area (Å²) in [5, 5.41) is 3.37. The molecule has 0 saturated carbocycles. The zero-order valence-electron chi connectivity index (χ0n) is 11.1. The molecule has 0 aliphatic rings. The Hall–Kier alpha value is -1.19. The molecule has 1 unspecified atom stereocenters. The van der Waals surface area contributed by atoms with Gasteiger partial charge in [0.05, 0.1) is 11.2 Å². The zero-order valence-corrected chi connectivity index (χ0v) is 11.9. The summed E-state index contributed by atoms with van der Waals surface area (Å²) < 4.78 is 5.35. The van der Waals surface area contributed by atoms with Crippen molar-refractivity contribution in [2.24, 2.45) is 0 Å². The third kappa shape index (κ3) is 2.79. The molecule has 0 fully saturated rings. The van der Waals surface area contributed by atoms with Gasteiger partial charge in [0, 0.05) is 10.9 Å². The van der Waals surface area contributed by atoms with E-state index in [1.54, 1.807) is 18.0 Å². The molecule has 0 radical (unpaired) electrons. The summed E-state index contributed by atoms with van der Waals surface area (Å²) in [7, 11) is 2.01. The Morgan fingerprint density at radius 2 is 2.00 bits per heavy atom. The highest BCUT2D eigenvalue weighted by Crippen LogP contribution is 2.35. The van der Waals surface area contributed by atoms with Crippen LogP contribution in [0.1, 0.15) is 30.7 Å². The van der Waals surface area contributed by atoms with Crippen LogP contribution < -0.4 is 5.32 Å². The van der Waals surface area contributed by atoms with Crippen LogP contribution in [0.4, 0.5) is 0 Å². The number of nitrogens with one attached hydrogen (secondary N) is 1. The number of benzene rings is 1. The summed E-state index contributed by atoms with van der Waals surface area (Å²) in [5.41, 5.74) is 1.35. The first-order valence-corrected chi connectivity index (χ1v) is 7.06. The predicted octanol–water partition coefficient (Wildman–Crippen LogP) is 4.41. The molecule has 1 atom stereocenters. The second-order valence-electron chi connectivity index (χ2n) is 4.23. The van der Waals surface area contributed by atoms with Crippen LogP contribution in [0.5, 0.6) is 0 Å². The standard InChI is InChI=1S/C15H19NOS/c1-4-13(16-3)12-7-5-6-8-15(12)18-14-9-10-17-11(14)2/h5-10,13,16H,4H2,1-3H3. The van der Waals surface area contributed by atoms with Crippen molar-refractivity contribution >= 4 is 11.8 Å². The molecule has 1 aromatic heterocycles. The van der Waals surface area contributed by atoms with Gasteiger partial charge in [0.2, 0.25) is 0 Å². The molecule has 2 aromatic rings. The van der Waals surface area contributed by atoms with E-state index in [2.05, 4.69) is 36.5 Å². The third-order valence-corrected chi connectivity index (χ3v) is 4.32. The van der Waals surface area contributed by atoms with E-state index in [4.69, 9.17) is 4.42 Å². The second kappa shape index (κ2) is 6.12. The average molecular weight is 261 g/mol. The van der Waals surface area contributed by atoms with E-state index in [0.717, 1.165) is 12.2 Å². The van der Waals surface area contributed by atoms with E-state index in [-0.39, 0.29) is 0 Å². The van der Waals surface area contributed by atoms with Gasteiger partial charge in [-0.05, 0) is 38.1 Å². The summed E-state index contributed by atoms with van der Waals surface area (Å²) in [5.74, 6) is 0.979. The average Bonchev–Trinajstić information content (AvgIpc) is 2.79. The fraction of sp³-hybridized carbons (Fsp3) is 0.333. The van der Waals surface area contributed by atoms with Crippen molar-refractivity contribution in [3.05, 3.63) is 47.9 Å². The van der Waals surface area contributed by atoms with Gasteiger partial charge in [-0.3, -0.25) is 0 Å². The van der Waals surface area contributed by atoms with Crippen LogP contribution in [0.15, 0.2) is 50.8 Å². The lowest BCUT2D eigenvalue weighted by molar-refractivity contribution is 0.527.